The number of nitrogens with zero attached hydrogens (tertiary/aromatic N) is 1. The highest BCUT2D eigenvalue weighted by molar-refractivity contribution is 4.84. The minimum Gasteiger partial charge on any atom is -0.396 e. The standard InChI is InChI=1S/C12H24N2O2/c1-14-5-6-16-11(8-14)7-13-12-4-2-3-10(12)9-15/h10-13,15H,2-9H2,1H3. The molecular formula is C12H24N2O2. The lowest BCUT2D eigenvalue weighted by Gasteiger charge is -2.31. The van der Waals surface area contributed by atoms with Gasteiger partial charge in [-0.15, -0.1) is 0 Å². The second-order valence-electron chi connectivity index (χ2n) is 5.14. The molecule has 2 aliphatic rings. The zero-order chi connectivity index (χ0) is 11.4. The maximum atomic E-state index is 9.24. The monoisotopic (exact) mass is 228 g/mol. The summed E-state index contributed by atoms with van der Waals surface area (Å²) in [5.74, 6) is 0.460. The Morgan fingerprint density at radius 1 is 1.44 bits per heavy atom. The van der Waals surface area contributed by atoms with Crippen molar-refractivity contribution in [2.45, 2.75) is 31.4 Å². The van der Waals surface area contributed by atoms with Gasteiger partial charge in [0.1, 0.15) is 0 Å². The molecule has 2 fully saturated rings. The van der Waals surface area contributed by atoms with E-state index in [4.69, 9.17) is 4.74 Å². The molecule has 0 aromatic carbocycles. The highest BCUT2D eigenvalue weighted by Gasteiger charge is 2.27. The molecule has 1 aliphatic heterocycles. The Bertz CT molecular complexity index is 213. The van der Waals surface area contributed by atoms with Gasteiger partial charge in [-0.25, -0.2) is 0 Å². The van der Waals surface area contributed by atoms with E-state index in [9.17, 15) is 5.11 Å². The fourth-order valence-corrected chi connectivity index (χ4v) is 2.80. The van der Waals surface area contributed by atoms with E-state index in [1.807, 2.05) is 0 Å². The van der Waals surface area contributed by atoms with Gasteiger partial charge in [0.2, 0.25) is 0 Å². The van der Waals surface area contributed by atoms with Crippen molar-refractivity contribution in [1.82, 2.24) is 10.2 Å². The predicted octanol–water partition coefficient (Wildman–Crippen LogP) is 0.0676. The molecule has 0 bridgehead atoms. The average Bonchev–Trinajstić information content (AvgIpc) is 2.74. The van der Waals surface area contributed by atoms with Gasteiger partial charge in [0, 0.05) is 32.3 Å². The first kappa shape index (κ1) is 12.3. The maximum Gasteiger partial charge on any atom is 0.0826 e. The lowest BCUT2D eigenvalue weighted by atomic mass is 10.0. The van der Waals surface area contributed by atoms with Crippen LogP contribution in [-0.4, -0.2) is 62.0 Å². The van der Waals surface area contributed by atoms with Crippen LogP contribution >= 0.6 is 0 Å². The fraction of sp³-hybridized carbons (Fsp3) is 1.00. The van der Waals surface area contributed by atoms with Gasteiger partial charge in [0.15, 0.2) is 0 Å². The normalized spacial score (nSPS) is 36.8. The van der Waals surface area contributed by atoms with Gasteiger partial charge in [-0.2, -0.15) is 0 Å². The summed E-state index contributed by atoms with van der Waals surface area (Å²) in [4.78, 5) is 2.31. The van der Waals surface area contributed by atoms with E-state index < -0.39 is 0 Å². The minimum atomic E-state index is 0.318. The van der Waals surface area contributed by atoms with Crippen LogP contribution in [0, 0.1) is 5.92 Å². The van der Waals surface area contributed by atoms with Gasteiger partial charge in [-0.05, 0) is 25.8 Å². The zero-order valence-electron chi connectivity index (χ0n) is 10.2. The van der Waals surface area contributed by atoms with Crippen LogP contribution in [0.4, 0.5) is 0 Å². The molecule has 0 spiro atoms. The summed E-state index contributed by atoms with van der Waals surface area (Å²) in [5, 5.41) is 12.8. The number of ether oxygens (including phenoxy) is 1. The van der Waals surface area contributed by atoms with Crippen LogP contribution in [-0.2, 0) is 4.74 Å². The van der Waals surface area contributed by atoms with Crippen LogP contribution in [0.15, 0.2) is 0 Å². The van der Waals surface area contributed by atoms with Crippen molar-refractivity contribution in [3.63, 3.8) is 0 Å². The molecule has 1 aliphatic carbocycles. The molecule has 0 aromatic rings. The van der Waals surface area contributed by atoms with Gasteiger partial charge in [0.25, 0.3) is 0 Å². The van der Waals surface area contributed by atoms with E-state index in [-0.39, 0.29) is 0 Å². The number of aliphatic hydroxyl groups is 1. The van der Waals surface area contributed by atoms with E-state index in [0.717, 1.165) is 26.2 Å². The summed E-state index contributed by atoms with van der Waals surface area (Å²) in [6.45, 7) is 4.15. The van der Waals surface area contributed by atoms with Crippen LogP contribution in [0.1, 0.15) is 19.3 Å². The van der Waals surface area contributed by atoms with Gasteiger partial charge >= 0.3 is 0 Å². The van der Waals surface area contributed by atoms with E-state index in [2.05, 4.69) is 17.3 Å². The first-order valence-corrected chi connectivity index (χ1v) is 6.44. The number of nitrogens with one attached hydrogen (secondary N) is 1. The van der Waals surface area contributed by atoms with Gasteiger partial charge < -0.3 is 20.1 Å². The lowest BCUT2D eigenvalue weighted by Crippen LogP contribution is -2.47. The van der Waals surface area contributed by atoms with E-state index >= 15 is 0 Å². The van der Waals surface area contributed by atoms with Crippen molar-refractivity contribution in [2.75, 3.05) is 39.9 Å². The number of hydrogen-bond acceptors (Lipinski definition) is 4. The number of hydrogen-bond donors (Lipinski definition) is 2. The van der Waals surface area contributed by atoms with E-state index in [0.29, 0.717) is 24.7 Å². The highest BCUT2D eigenvalue weighted by Crippen LogP contribution is 2.25. The molecule has 0 aromatic heterocycles. The number of likely N-dealkylation sites (N-methyl/N-ethyl adjacent to an activating group) is 1. The Morgan fingerprint density at radius 3 is 3.06 bits per heavy atom. The maximum absolute atomic E-state index is 9.24. The molecule has 3 unspecified atom stereocenters. The fourth-order valence-electron chi connectivity index (χ4n) is 2.80. The van der Waals surface area contributed by atoms with Crippen molar-refractivity contribution in [3.05, 3.63) is 0 Å². The van der Waals surface area contributed by atoms with Gasteiger partial charge in [-0.1, -0.05) is 6.42 Å². The highest BCUT2D eigenvalue weighted by atomic mass is 16.5. The summed E-state index contributed by atoms with van der Waals surface area (Å²) >= 11 is 0. The van der Waals surface area contributed by atoms with Crippen LogP contribution in [0.25, 0.3) is 0 Å². The van der Waals surface area contributed by atoms with Crippen molar-refractivity contribution in [1.29, 1.82) is 0 Å². The molecule has 0 radical (unpaired) electrons. The molecule has 2 rings (SSSR count). The third kappa shape index (κ3) is 3.17. The topological polar surface area (TPSA) is 44.7 Å². The molecule has 16 heavy (non-hydrogen) atoms. The Labute approximate surface area is 98.0 Å². The Balaban J connectivity index is 1.70. The van der Waals surface area contributed by atoms with Crippen molar-refractivity contribution in [3.8, 4) is 0 Å². The van der Waals surface area contributed by atoms with Gasteiger partial charge in [0.05, 0.1) is 12.7 Å². The summed E-state index contributed by atoms with van der Waals surface area (Å²) in [5.41, 5.74) is 0. The third-order valence-corrected chi connectivity index (χ3v) is 3.84. The Morgan fingerprint density at radius 2 is 2.31 bits per heavy atom. The zero-order valence-corrected chi connectivity index (χ0v) is 10.2. The van der Waals surface area contributed by atoms with Crippen LogP contribution < -0.4 is 5.32 Å². The third-order valence-electron chi connectivity index (χ3n) is 3.84. The molecule has 4 nitrogen and oxygen atoms in total. The number of morpholine rings is 1. The molecule has 1 saturated carbocycles. The first-order chi connectivity index (χ1) is 7.79. The number of rotatable bonds is 4. The molecule has 94 valence electrons. The molecule has 2 N–H and O–H groups in total. The van der Waals surface area contributed by atoms with Crippen molar-refractivity contribution >= 4 is 0 Å². The first-order valence-electron chi connectivity index (χ1n) is 6.44. The summed E-state index contributed by atoms with van der Waals surface area (Å²) < 4.78 is 5.71. The average molecular weight is 228 g/mol. The molecular weight excluding hydrogens is 204 g/mol. The summed E-state index contributed by atoms with van der Waals surface area (Å²) in [7, 11) is 2.14. The largest absolute Gasteiger partial charge is 0.396 e. The molecule has 1 heterocycles. The van der Waals surface area contributed by atoms with Crippen molar-refractivity contribution < 1.29 is 9.84 Å². The van der Waals surface area contributed by atoms with Gasteiger partial charge in [-0.3, -0.25) is 0 Å². The number of aliphatic hydroxyl groups excluding tert-OH is 1. The second kappa shape index (κ2) is 5.96. The van der Waals surface area contributed by atoms with Crippen LogP contribution in [0.3, 0.4) is 0 Å². The molecule has 0 amide bonds. The quantitative estimate of drug-likeness (QED) is 0.714. The lowest BCUT2D eigenvalue weighted by molar-refractivity contribution is -0.0201. The van der Waals surface area contributed by atoms with Crippen molar-refractivity contribution in [2.24, 2.45) is 5.92 Å². The predicted molar refractivity (Wildman–Crippen MR) is 63.5 cm³/mol. The summed E-state index contributed by atoms with van der Waals surface area (Å²) in [6, 6.07) is 0.501. The van der Waals surface area contributed by atoms with E-state index in [1.54, 1.807) is 0 Å². The van der Waals surface area contributed by atoms with E-state index in [1.165, 1.54) is 19.3 Å². The van der Waals surface area contributed by atoms with Crippen LogP contribution in [0.5, 0.6) is 0 Å². The Kier molecular flexibility index (Phi) is 4.58. The second-order valence-corrected chi connectivity index (χ2v) is 5.14. The minimum absolute atomic E-state index is 0.318. The smallest absolute Gasteiger partial charge is 0.0826 e. The molecule has 1 saturated heterocycles. The summed E-state index contributed by atoms with van der Waals surface area (Å²) in [6.07, 6.45) is 3.93. The molecule has 3 atom stereocenters. The molecule has 4 heteroatoms. The SMILES string of the molecule is CN1CCOC(CNC2CCCC2CO)C1. The van der Waals surface area contributed by atoms with Crippen LogP contribution in [0.2, 0.25) is 0 Å². The Hall–Kier alpha value is -0.160.